The predicted molar refractivity (Wildman–Crippen MR) is 147 cm³/mol. The van der Waals surface area contributed by atoms with E-state index in [0.717, 1.165) is 30.2 Å². The first kappa shape index (κ1) is 26.1. The quantitative estimate of drug-likeness (QED) is 0.449. The van der Waals surface area contributed by atoms with Crippen molar-refractivity contribution in [2.24, 2.45) is 0 Å². The summed E-state index contributed by atoms with van der Waals surface area (Å²) in [6, 6.07) is 7.68. The molecule has 0 spiro atoms. The number of aromatic nitrogens is 4. The second-order valence-electron chi connectivity index (χ2n) is 10.1. The molecule has 0 bridgehead atoms. The lowest BCUT2D eigenvalue weighted by molar-refractivity contribution is -0.114. The third kappa shape index (κ3) is 5.72. The molecule has 1 amide bonds. The summed E-state index contributed by atoms with van der Waals surface area (Å²) in [5.41, 5.74) is 3.99. The number of rotatable bonds is 9. The molecule has 3 heterocycles. The molecular formula is C26H35N9O2. The van der Waals surface area contributed by atoms with E-state index in [4.69, 9.17) is 9.72 Å². The summed E-state index contributed by atoms with van der Waals surface area (Å²) < 4.78 is 5.70. The van der Waals surface area contributed by atoms with Gasteiger partial charge in [-0.15, -0.1) is 0 Å². The Balaban J connectivity index is 1.66. The number of amides is 1. The van der Waals surface area contributed by atoms with E-state index in [1.807, 2.05) is 51.6 Å². The van der Waals surface area contributed by atoms with E-state index in [-0.39, 0.29) is 11.3 Å². The third-order valence-corrected chi connectivity index (χ3v) is 6.24. The van der Waals surface area contributed by atoms with Gasteiger partial charge in [0.15, 0.2) is 0 Å². The lowest BCUT2D eigenvalue weighted by atomic mass is 9.91. The van der Waals surface area contributed by atoms with Gasteiger partial charge < -0.3 is 30.1 Å². The Morgan fingerprint density at radius 3 is 2.62 bits per heavy atom. The monoisotopic (exact) mass is 505 g/mol. The smallest absolute Gasteiger partial charge is 0.234 e. The number of nitrogens with one attached hydrogen (secondary N) is 2. The van der Waals surface area contributed by atoms with E-state index in [2.05, 4.69) is 54.1 Å². The van der Waals surface area contributed by atoms with Gasteiger partial charge in [0.1, 0.15) is 12.1 Å². The van der Waals surface area contributed by atoms with Gasteiger partial charge in [-0.1, -0.05) is 13.8 Å². The second kappa shape index (κ2) is 10.6. The molecule has 3 aromatic rings. The van der Waals surface area contributed by atoms with Gasteiger partial charge in [-0.05, 0) is 32.3 Å². The van der Waals surface area contributed by atoms with Crippen molar-refractivity contribution in [3.8, 4) is 5.75 Å². The predicted octanol–water partition coefficient (Wildman–Crippen LogP) is 3.40. The van der Waals surface area contributed by atoms with Crippen molar-refractivity contribution in [1.29, 1.82) is 0 Å². The average molecular weight is 506 g/mol. The number of benzene rings is 1. The minimum atomic E-state index is -0.162. The Hall–Kier alpha value is -3.99. The molecule has 0 aliphatic carbocycles. The highest BCUT2D eigenvalue weighted by Gasteiger charge is 2.38. The van der Waals surface area contributed by atoms with Crippen LogP contribution in [0.3, 0.4) is 0 Å². The summed E-state index contributed by atoms with van der Waals surface area (Å²) in [6.07, 6.45) is 3.29. The molecule has 0 saturated heterocycles. The maximum atomic E-state index is 12.0. The summed E-state index contributed by atoms with van der Waals surface area (Å²) in [7, 11) is 7.64. The fraction of sp³-hybridized carbons (Fsp3) is 0.423. The molecule has 11 heteroatoms. The first-order chi connectivity index (χ1) is 17.6. The summed E-state index contributed by atoms with van der Waals surface area (Å²) in [4.78, 5) is 36.3. The van der Waals surface area contributed by atoms with Crippen LogP contribution in [0.15, 0.2) is 36.8 Å². The van der Waals surface area contributed by atoms with E-state index >= 15 is 0 Å². The standard InChI is InChI=1S/C26H35N9O2/c1-17(36)30-18-13-19(22(37-7)14-21(18)34(6)12-11-33(4)5)31-24-28-16-29-25(32-24)35-15-26(2,3)23-20(35)9-8-10-27-23/h8-10,13-14,16H,11-12,15H2,1-7H3,(H,30,36)(H,28,29,31,32). The Morgan fingerprint density at radius 2 is 1.92 bits per heavy atom. The molecule has 196 valence electrons. The number of anilines is 6. The van der Waals surface area contributed by atoms with Crippen LogP contribution in [0.5, 0.6) is 5.75 Å². The lowest BCUT2D eigenvalue weighted by Crippen LogP contribution is -2.29. The first-order valence-electron chi connectivity index (χ1n) is 12.1. The van der Waals surface area contributed by atoms with Crippen LogP contribution >= 0.6 is 0 Å². The molecule has 2 N–H and O–H groups in total. The van der Waals surface area contributed by atoms with Gasteiger partial charge in [0.2, 0.25) is 17.8 Å². The maximum Gasteiger partial charge on any atom is 0.234 e. The van der Waals surface area contributed by atoms with Gasteiger partial charge in [0.25, 0.3) is 0 Å². The van der Waals surface area contributed by atoms with Crippen LogP contribution in [0.2, 0.25) is 0 Å². The van der Waals surface area contributed by atoms with Gasteiger partial charge in [-0.3, -0.25) is 9.78 Å². The molecule has 37 heavy (non-hydrogen) atoms. The molecule has 4 rings (SSSR count). The molecule has 0 atom stereocenters. The second-order valence-corrected chi connectivity index (χ2v) is 10.1. The molecular weight excluding hydrogens is 470 g/mol. The number of hydrogen-bond donors (Lipinski definition) is 2. The van der Waals surface area contributed by atoms with Crippen molar-refractivity contribution in [1.82, 2.24) is 24.8 Å². The van der Waals surface area contributed by atoms with Crippen molar-refractivity contribution in [2.75, 3.05) is 68.3 Å². The van der Waals surface area contributed by atoms with Gasteiger partial charge >= 0.3 is 0 Å². The number of hydrogen-bond acceptors (Lipinski definition) is 10. The number of carbonyl (C=O) groups is 1. The molecule has 1 aromatic carbocycles. The zero-order valence-corrected chi connectivity index (χ0v) is 22.5. The number of nitrogens with zero attached hydrogens (tertiary/aromatic N) is 7. The zero-order valence-electron chi connectivity index (χ0n) is 22.5. The Labute approximate surface area is 217 Å². The fourth-order valence-corrected chi connectivity index (χ4v) is 4.38. The summed E-state index contributed by atoms with van der Waals surface area (Å²) in [5.74, 6) is 1.32. The molecule has 0 unspecified atom stereocenters. The van der Waals surface area contributed by atoms with Crippen molar-refractivity contribution < 1.29 is 9.53 Å². The van der Waals surface area contributed by atoms with Crippen LogP contribution in [0, 0.1) is 0 Å². The van der Waals surface area contributed by atoms with Gasteiger partial charge in [0.05, 0.1) is 35.6 Å². The highest BCUT2D eigenvalue weighted by atomic mass is 16.5. The molecule has 2 aromatic heterocycles. The van der Waals surface area contributed by atoms with E-state index in [9.17, 15) is 4.79 Å². The summed E-state index contributed by atoms with van der Waals surface area (Å²) >= 11 is 0. The minimum absolute atomic E-state index is 0.137. The number of ether oxygens (including phenoxy) is 1. The highest BCUT2D eigenvalue weighted by molar-refractivity contribution is 5.95. The van der Waals surface area contributed by atoms with Crippen LogP contribution in [0.1, 0.15) is 26.5 Å². The average Bonchev–Trinajstić information content (AvgIpc) is 3.13. The van der Waals surface area contributed by atoms with E-state index in [1.54, 1.807) is 7.11 Å². The minimum Gasteiger partial charge on any atom is -0.494 e. The SMILES string of the molecule is COc1cc(N(C)CCN(C)C)c(NC(C)=O)cc1Nc1ncnc(N2CC(C)(C)c3ncccc32)n1. The Kier molecular flexibility index (Phi) is 7.44. The lowest BCUT2D eigenvalue weighted by Gasteiger charge is -2.26. The van der Waals surface area contributed by atoms with Crippen LogP contribution in [-0.4, -0.2) is 78.6 Å². The maximum absolute atomic E-state index is 12.0. The van der Waals surface area contributed by atoms with Crippen molar-refractivity contribution in [3.05, 3.63) is 42.5 Å². The third-order valence-electron chi connectivity index (χ3n) is 6.24. The first-order valence-corrected chi connectivity index (χ1v) is 12.1. The Bertz CT molecular complexity index is 1280. The van der Waals surface area contributed by atoms with Crippen LogP contribution in [0.25, 0.3) is 0 Å². The number of carbonyl (C=O) groups excluding carboxylic acids is 1. The number of fused-ring (bicyclic) bond motifs is 1. The molecule has 11 nitrogen and oxygen atoms in total. The molecule has 0 fully saturated rings. The largest absolute Gasteiger partial charge is 0.494 e. The van der Waals surface area contributed by atoms with E-state index < -0.39 is 0 Å². The summed E-state index contributed by atoms with van der Waals surface area (Å²) in [6.45, 7) is 8.14. The number of methoxy groups -OCH3 is 1. The van der Waals surface area contributed by atoms with Gasteiger partial charge in [-0.25, -0.2) is 9.97 Å². The van der Waals surface area contributed by atoms with Crippen LogP contribution in [0.4, 0.5) is 34.6 Å². The van der Waals surface area contributed by atoms with Crippen molar-refractivity contribution in [2.45, 2.75) is 26.2 Å². The van der Waals surface area contributed by atoms with Crippen LogP contribution in [-0.2, 0) is 10.2 Å². The molecule has 0 radical (unpaired) electrons. The van der Waals surface area contributed by atoms with E-state index in [1.165, 1.54) is 13.3 Å². The number of pyridine rings is 1. The highest BCUT2D eigenvalue weighted by Crippen LogP contribution is 2.42. The summed E-state index contributed by atoms with van der Waals surface area (Å²) in [5, 5.41) is 6.19. The number of likely N-dealkylation sites (N-methyl/N-ethyl adjacent to an activating group) is 2. The van der Waals surface area contributed by atoms with E-state index in [0.29, 0.717) is 35.6 Å². The van der Waals surface area contributed by atoms with Crippen LogP contribution < -0.4 is 25.2 Å². The Morgan fingerprint density at radius 1 is 1.14 bits per heavy atom. The zero-order chi connectivity index (χ0) is 26.7. The fourth-order valence-electron chi connectivity index (χ4n) is 4.38. The van der Waals surface area contributed by atoms with Crippen molar-refractivity contribution >= 4 is 40.6 Å². The normalized spacial score (nSPS) is 13.9. The molecule has 1 aliphatic rings. The topological polar surface area (TPSA) is 112 Å². The van der Waals surface area contributed by atoms with Gasteiger partial charge in [0, 0.05) is 51.3 Å². The molecule has 1 aliphatic heterocycles. The van der Waals surface area contributed by atoms with Crippen molar-refractivity contribution in [3.63, 3.8) is 0 Å². The molecule has 0 saturated carbocycles. The van der Waals surface area contributed by atoms with Gasteiger partial charge in [-0.2, -0.15) is 4.98 Å².